The predicted molar refractivity (Wildman–Crippen MR) is 298 cm³/mol. The van der Waals surface area contributed by atoms with E-state index < -0.39 is 182 Å². The average Bonchev–Trinajstić information content (AvgIpc) is 2.06. The topological polar surface area (TPSA) is 388 Å². The Morgan fingerprint density at radius 1 is 0.273 bits per heavy atom. The van der Waals surface area contributed by atoms with Crippen LogP contribution in [0, 0.1) is 0 Å². The Hall–Kier alpha value is -8.80. The fraction of sp³-hybridized carbons (Fsp3) is 0.552. The van der Waals surface area contributed by atoms with Crippen LogP contribution in [-0.2, 0) is 133 Å². The molecule has 14 unspecified atom stereocenters. The Bertz CT molecular complexity index is 2790. The van der Waals surface area contributed by atoms with Gasteiger partial charge in [0, 0.05) is 0 Å². The second-order valence-electron chi connectivity index (χ2n) is 20.8. The Balaban J connectivity index is 1.82. The fourth-order valence-corrected chi connectivity index (χ4v) is 11.8. The van der Waals surface area contributed by atoms with E-state index in [0.29, 0.717) is 0 Å². The van der Waals surface area contributed by atoms with Gasteiger partial charge in [0.25, 0.3) is 8.32 Å². The summed E-state index contributed by atoms with van der Waals surface area (Å²) in [4.78, 5) is 176. The maximum atomic E-state index is 13.5. The van der Waals surface area contributed by atoms with E-state index in [0.717, 1.165) is 93.5 Å². The van der Waals surface area contributed by atoms with E-state index in [2.05, 4.69) is 4.74 Å². The number of carboxylic acid groups (broad SMARTS) is 1. The number of hydrogen-bond acceptors (Lipinski definition) is 28. The normalized spacial score (nSPS) is 16.1. The molecule has 0 saturated heterocycles. The van der Waals surface area contributed by atoms with Crippen molar-refractivity contribution in [3.05, 3.63) is 60.7 Å². The fourth-order valence-electron chi connectivity index (χ4n) is 7.14. The van der Waals surface area contributed by atoms with Crippen molar-refractivity contribution >= 4 is 102 Å². The highest BCUT2D eigenvalue weighted by Gasteiger charge is 2.52. The van der Waals surface area contributed by atoms with Crippen LogP contribution in [0.15, 0.2) is 60.7 Å². The summed E-state index contributed by atoms with van der Waals surface area (Å²) >= 11 is 0. The smallest absolute Gasteiger partial charge is 0.347 e. The molecule has 486 valence electrons. The minimum Gasteiger partial charge on any atom is -0.479 e. The van der Waals surface area contributed by atoms with Gasteiger partial charge in [0.15, 0.2) is 79.4 Å². The Morgan fingerprint density at radius 2 is 0.420 bits per heavy atom. The number of ether oxygens (including phenoxy) is 13. The maximum Gasteiger partial charge on any atom is 0.347 e. The van der Waals surface area contributed by atoms with Gasteiger partial charge >= 0.3 is 83.6 Å². The van der Waals surface area contributed by atoms with E-state index in [-0.39, 0.29) is 0 Å². The molecule has 0 fully saturated rings. The molecule has 0 aromatic heterocycles. The SMILES string of the molecule is CC(OC(=O)C(C)OC(=O)C(C)OC(=O)C(C)OC(=O)C(C)OC(=O)C(C)OC(=O)C(C)OC(=O)C(C)OC(=O)C(C)OC(=O)C(C)OC(=O)C(C)OC(=O)C(C)OC(=O)C(C)OC(=O)C(C)O[Si](c1ccccc1)(c1ccccc1)C(C)(C)C)C(=O)O. The van der Waals surface area contributed by atoms with Crippen LogP contribution in [0.3, 0.4) is 0 Å². The lowest BCUT2D eigenvalue weighted by molar-refractivity contribution is -0.190. The van der Waals surface area contributed by atoms with Gasteiger partial charge in [-0.3, -0.25) is 0 Å². The molecule has 29 nitrogen and oxygen atoms in total. The van der Waals surface area contributed by atoms with Crippen molar-refractivity contribution in [3.8, 4) is 0 Å². The van der Waals surface area contributed by atoms with Crippen molar-refractivity contribution in [1.29, 1.82) is 0 Å². The third-order valence-corrected chi connectivity index (χ3v) is 17.4. The van der Waals surface area contributed by atoms with Crippen molar-refractivity contribution in [2.24, 2.45) is 0 Å². The van der Waals surface area contributed by atoms with Crippen LogP contribution in [0.1, 0.15) is 118 Å². The van der Waals surface area contributed by atoms with Gasteiger partial charge in [0.05, 0.1) is 0 Å². The summed E-state index contributed by atoms with van der Waals surface area (Å²) in [5.74, 6) is -17.6. The summed E-state index contributed by atoms with van der Waals surface area (Å²) in [6, 6.07) is 19.0. The molecular formula is C58H76O29Si. The van der Waals surface area contributed by atoms with E-state index in [4.69, 9.17) is 66.4 Å². The first-order valence-electron chi connectivity index (χ1n) is 27.4. The lowest BCUT2D eigenvalue weighted by Crippen LogP contribution is -2.68. The molecule has 0 aliphatic rings. The number of hydrogen-bond donors (Lipinski definition) is 1. The highest BCUT2D eigenvalue weighted by molar-refractivity contribution is 6.99. The first kappa shape index (κ1) is 75.3. The van der Waals surface area contributed by atoms with E-state index >= 15 is 0 Å². The van der Waals surface area contributed by atoms with E-state index in [9.17, 15) is 67.1 Å². The van der Waals surface area contributed by atoms with Crippen molar-refractivity contribution in [2.45, 2.75) is 208 Å². The average molecular weight is 1270 g/mol. The Labute approximate surface area is 507 Å². The Kier molecular flexibility index (Phi) is 29.0. The quantitative estimate of drug-likeness (QED) is 0.0642. The van der Waals surface area contributed by atoms with Crippen molar-refractivity contribution in [1.82, 2.24) is 0 Å². The minimum atomic E-state index is -3.21. The highest BCUT2D eigenvalue weighted by Crippen LogP contribution is 2.37. The van der Waals surface area contributed by atoms with Gasteiger partial charge in [0.1, 0.15) is 6.10 Å². The summed E-state index contributed by atoms with van der Waals surface area (Å²) in [6.45, 7) is 21.4. The van der Waals surface area contributed by atoms with E-state index in [1.54, 1.807) is 0 Å². The van der Waals surface area contributed by atoms with Crippen LogP contribution in [-0.4, -0.2) is 182 Å². The van der Waals surface area contributed by atoms with Gasteiger partial charge < -0.3 is 71.1 Å². The molecular weight excluding hydrogens is 1190 g/mol. The molecule has 30 heteroatoms. The number of benzene rings is 2. The first-order chi connectivity index (χ1) is 40.7. The van der Waals surface area contributed by atoms with E-state index in [1.807, 2.05) is 81.4 Å². The van der Waals surface area contributed by atoms with Crippen molar-refractivity contribution in [2.75, 3.05) is 0 Å². The van der Waals surface area contributed by atoms with Crippen LogP contribution in [0.4, 0.5) is 0 Å². The van der Waals surface area contributed by atoms with E-state index in [1.165, 1.54) is 13.8 Å². The van der Waals surface area contributed by atoms with Gasteiger partial charge in [-0.2, -0.15) is 0 Å². The molecule has 2 rings (SSSR count). The number of esters is 13. The van der Waals surface area contributed by atoms with Gasteiger partial charge in [-0.05, 0) is 112 Å². The number of carbonyl (C=O) groups is 14. The molecule has 0 spiro atoms. The molecule has 0 radical (unpaired) electrons. The van der Waals surface area contributed by atoms with Crippen LogP contribution in [0.5, 0.6) is 0 Å². The summed E-state index contributed by atoms with van der Waals surface area (Å²) < 4.78 is 71.4. The molecule has 1 N–H and O–H groups in total. The molecule has 2 aromatic rings. The third-order valence-electron chi connectivity index (χ3n) is 12.2. The maximum absolute atomic E-state index is 13.5. The molecule has 14 atom stereocenters. The zero-order valence-electron chi connectivity index (χ0n) is 51.7. The van der Waals surface area contributed by atoms with Crippen LogP contribution < -0.4 is 10.4 Å². The van der Waals surface area contributed by atoms with Crippen molar-refractivity contribution < 1.29 is 138 Å². The highest BCUT2D eigenvalue weighted by atomic mass is 28.4. The number of rotatable bonds is 31. The molecule has 0 aliphatic heterocycles. The third kappa shape index (κ3) is 22.5. The number of aliphatic carboxylic acids is 1. The molecule has 0 amide bonds. The van der Waals surface area contributed by atoms with Crippen LogP contribution in [0.2, 0.25) is 5.04 Å². The molecule has 88 heavy (non-hydrogen) atoms. The number of carbonyl (C=O) groups excluding carboxylic acids is 13. The molecule has 0 bridgehead atoms. The molecule has 2 aromatic carbocycles. The first-order valence-corrected chi connectivity index (χ1v) is 29.3. The van der Waals surface area contributed by atoms with Gasteiger partial charge in [-0.25, -0.2) is 67.1 Å². The summed E-state index contributed by atoms with van der Waals surface area (Å²) in [6.07, 6.45) is -23.0. The molecule has 0 heterocycles. The zero-order valence-corrected chi connectivity index (χ0v) is 52.7. The largest absolute Gasteiger partial charge is 0.479 e. The lowest BCUT2D eigenvalue weighted by atomic mass is 10.2. The van der Waals surface area contributed by atoms with Gasteiger partial charge in [0.2, 0.25) is 0 Å². The minimum absolute atomic E-state index is 0.489. The lowest BCUT2D eigenvalue weighted by Gasteiger charge is -2.44. The number of carboxylic acids is 1. The summed E-state index contributed by atoms with van der Waals surface area (Å²) in [5.41, 5.74) is 0. The standard InChI is InChI=1S/C58H76O29Si/c1-28(44(59)60)74-45(61)29(2)75-46(62)30(3)76-47(63)31(4)77-48(64)32(5)78-49(65)33(6)79-50(66)34(7)80-51(67)35(8)81-52(68)36(9)82-53(69)37(10)83-54(70)38(11)84-55(71)39(12)85-56(72)40(13)86-57(73)41(14)87-88(58(15,16)17,42-24-20-18-21-25-42)43-26-22-19-23-27-43/h18-41H,1-17H3,(H,59,60). The van der Waals surface area contributed by atoms with Gasteiger partial charge in [-0.1, -0.05) is 81.4 Å². The summed E-state index contributed by atoms with van der Waals surface area (Å²) in [5, 5.41) is 10.2. The molecule has 0 saturated carbocycles. The predicted octanol–water partition coefficient (Wildman–Crippen LogP) is 2.15. The van der Waals surface area contributed by atoms with Crippen molar-refractivity contribution in [3.63, 3.8) is 0 Å². The monoisotopic (exact) mass is 1260 g/mol. The second-order valence-corrected chi connectivity index (χ2v) is 25.0. The Morgan fingerprint density at radius 3 is 0.568 bits per heavy atom. The van der Waals surface area contributed by atoms with Crippen LogP contribution >= 0.6 is 0 Å². The zero-order chi connectivity index (χ0) is 67.3. The summed E-state index contributed by atoms with van der Waals surface area (Å²) in [7, 11) is -3.21. The second kappa shape index (κ2) is 33.9. The van der Waals surface area contributed by atoms with Crippen LogP contribution in [0.25, 0.3) is 0 Å². The van der Waals surface area contributed by atoms with Gasteiger partial charge in [-0.15, -0.1) is 0 Å². The molecule has 0 aliphatic carbocycles.